The molecule has 0 saturated heterocycles. The van der Waals surface area contributed by atoms with Crippen LogP contribution in [0.5, 0.6) is 0 Å². The number of hydrogen-bond acceptors (Lipinski definition) is 2. The Kier molecular flexibility index (Phi) is 2.49. The monoisotopic (exact) mass is 254 g/mol. The standard InChI is InChI=1S/C16H18N2O/c1-2-4-13(5-3-1)11-19-12-15-17-6-7-18(15)16-8-14(9-16)10-16/h1-7,14H,8-12H2. The first-order valence-electron chi connectivity index (χ1n) is 7.00. The van der Waals surface area contributed by atoms with Crippen LogP contribution >= 0.6 is 0 Å². The highest BCUT2D eigenvalue weighted by molar-refractivity contribution is 5.16. The molecule has 1 heterocycles. The van der Waals surface area contributed by atoms with Gasteiger partial charge in [-0.25, -0.2) is 4.98 Å². The Bertz CT molecular complexity index is 558. The summed E-state index contributed by atoms with van der Waals surface area (Å²) in [5.74, 6) is 2.06. The molecule has 0 aliphatic heterocycles. The van der Waals surface area contributed by atoms with Crippen molar-refractivity contribution in [3.63, 3.8) is 0 Å². The topological polar surface area (TPSA) is 27.1 Å². The molecule has 1 aromatic heterocycles. The quantitative estimate of drug-likeness (QED) is 0.819. The minimum Gasteiger partial charge on any atom is -0.369 e. The molecule has 0 atom stereocenters. The first-order valence-corrected chi connectivity index (χ1v) is 7.00. The van der Waals surface area contributed by atoms with Gasteiger partial charge in [-0.3, -0.25) is 0 Å². The highest BCUT2D eigenvalue weighted by atomic mass is 16.5. The maximum absolute atomic E-state index is 5.80. The van der Waals surface area contributed by atoms with Gasteiger partial charge in [-0.2, -0.15) is 0 Å². The fraction of sp³-hybridized carbons (Fsp3) is 0.438. The average molecular weight is 254 g/mol. The van der Waals surface area contributed by atoms with E-state index in [2.05, 4.69) is 27.9 Å². The molecule has 19 heavy (non-hydrogen) atoms. The van der Waals surface area contributed by atoms with E-state index >= 15 is 0 Å². The normalized spacial score (nSPS) is 27.7. The zero-order chi connectivity index (χ0) is 12.7. The lowest BCUT2D eigenvalue weighted by molar-refractivity contribution is -0.0933. The van der Waals surface area contributed by atoms with Crippen molar-refractivity contribution in [1.82, 2.24) is 9.55 Å². The van der Waals surface area contributed by atoms with E-state index in [1.807, 2.05) is 24.4 Å². The molecule has 3 saturated carbocycles. The minimum absolute atomic E-state index is 0.409. The molecule has 0 amide bonds. The molecule has 98 valence electrons. The van der Waals surface area contributed by atoms with Gasteiger partial charge in [0.2, 0.25) is 0 Å². The van der Waals surface area contributed by atoms with Gasteiger partial charge in [0.15, 0.2) is 0 Å². The van der Waals surface area contributed by atoms with E-state index in [1.165, 1.54) is 24.8 Å². The number of imidazole rings is 1. The lowest BCUT2D eigenvalue weighted by Gasteiger charge is -2.62. The molecule has 0 spiro atoms. The summed E-state index contributed by atoms with van der Waals surface area (Å²) in [6.07, 6.45) is 8.05. The fourth-order valence-electron chi connectivity index (χ4n) is 3.44. The summed E-state index contributed by atoms with van der Waals surface area (Å²) >= 11 is 0. The third kappa shape index (κ3) is 1.80. The summed E-state index contributed by atoms with van der Waals surface area (Å²) in [6.45, 7) is 1.26. The summed E-state index contributed by atoms with van der Waals surface area (Å²) < 4.78 is 8.16. The van der Waals surface area contributed by atoms with E-state index in [4.69, 9.17) is 4.74 Å². The molecule has 5 rings (SSSR count). The molecule has 3 fully saturated rings. The third-order valence-corrected chi connectivity index (χ3v) is 4.58. The second kappa shape index (κ2) is 4.20. The molecular weight excluding hydrogens is 236 g/mol. The van der Waals surface area contributed by atoms with E-state index < -0.39 is 0 Å². The largest absolute Gasteiger partial charge is 0.369 e. The molecule has 0 radical (unpaired) electrons. The van der Waals surface area contributed by atoms with Crippen LogP contribution in [0.4, 0.5) is 0 Å². The summed E-state index contributed by atoms with van der Waals surface area (Å²) in [7, 11) is 0. The number of benzene rings is 1. The highest BCUT2D eigenvalue weighted by Crippen LogP contribution is 2.62. The molecule has 2 bridgehead atoms. The minimum atomic E-state index is 0.409. The number of aromatic nitrogens is 2. The maximum Gasteiger partial charge on any atom is 0.135 e. The summed E-state index contributed by atoms with van der Waals surface area (Å²) in [5.41, 5.74) is 1.62. The molecule has 2 aromatic rings. The predicted octanol–water partition coefficient (Wildman–Crippen LogP) is 3.11. The Balaban J connectivity index is 1.40. The van der Waals surface area contributed by atoms with Crippen molar-refractivity contribution in [3.05, 3.63) is 54.1 Å². The summed E-state index contributed by atoms with van der Waals surface area (Å²) in [4.78, 5) is 4.46. The van der Waals surface area contributed by atoms with Gasteiger partial charge >= 0.3 is 0 Å². The van der Waals surface area contributed by atoms with Crippen LogP contribution in [0.15, 0.2) is 42.7 Å². The molecule has 3 aliphatic carbocycles. The van der Waals surface area contributed by atoms with Crippen LogP contribution in [0, 0.1) is 5.92 Å². The van der Waals surface area contributed by atoms with E-state index in [-0.39, 0.29) is 0 Å². The number of hydrogen-bond donors (Lipinski definition) is 0. The van der Waals surface area contributed by atoms with Gasteiger partial charge in [0, 0.05) is 17.9 Å². The second-order valence-electron chi connectivity index (χ2n) is 5.89. The highest BCUT2D eigenvalue weighted by Gasteiger charge is 2.58. The van der Waals surface area contributed by atoms with Crippen molar-refractivity contribution in [3.8, 4) is 0 Å². The van der Waals surface area contributed by atoms with Crippen LogP contribution < -0.4 is 0 Å². The molecular formula is C16H18N2O. The van der Waals surface area contributed by atoms with Crippen molar-refractivity contribution in [2.75, 3.05) is 0 Å². The van der Waals surface area contributed by atoms with Crippen LogP contribution in [0.1, 0.15) is 30.7 Å². The van der Waals surface area contributed by atoms with Gasteiger partial charge in [0.1, 0.15) is 12.4 Å². The van der Waals surface area contributed by atoms with Gasteiger partial charge in [-0.15, -0.1) is 0 Å². The van der Waals surface area contributed by atoms with Crippen LogP contribution in [-0.4, -0.2) is 9.55 Å². The van der Waals surface area contributed by atoms with E-state index in [1.54, 1.807) is 0 Å². The first-order chi connectivity index (χ1) is 9.36. The average Bonchev–Trinajstić information content (AvgIpc) is 2.75. The molecule has 3 heteroatoms. The summed E-state index contributed by atoms with van der Waals surface area (Å²) in [5, 5.41) is 0. The number of nitrogens with zero attached hydrogens (tertiary/aromatic N) is 2. The van der Waals surface area contributed by atoms with Crippen LogP contribution in [0.3, 0.4) is 0 Å². The summed E-state index contributed by atoms with van der Waals surface area (Å²) in [6, 6.07) is 10.3. The van der Waals surface area contributed by atoms with Crippen molar-refractivity contribution in [1.29, 1.82) is 0 Å². The van der Waals surface area contributed by atoms with Gasteiger partial charge in [0.25, 0.3) is 0 Å². The Labute approximate surface area is 113 Å². The predicted molar refractivity (Wildman–Crippen MR) is 72.5 cm³/mol. The SMILES string of the molecule is c1ccc(COCc2nccn2C23CC(C2)C3)cc1. The Morgan fingerprint density at radius 1 is 1.16 bits per heavy atom. The molecule has 1 aromatic carbocycles. The fourth-order valence-corrected chi connectivity index (χ4v) is 3.44. The smallest absolute Gasteiger partial charge is 0.135 e. The lowest BCUT2D eigenvalue weighted by Crippen LogP contribution is -2.59. The van der Waals surface area contributed by atoms with Crippen LogP contribution in [-0.2, 0) is 23.5 Å². The van der Waals surface area contributed by atoms with E-state index in [9.17, 15) is 0 Å². The van der Waals surface area contributed by atoms with Crippen molar-refractivity contribution in [2.24, 2.45) is 5.92 Å². The third-order valence-electron chi connectivity index (χ3n) is 4.58. The van der Waals surface area contributed by atoms with Crippen LogP contribution in [0.2, 0.25) is 0 Å². The molecule has 3 aliphatic rings. The van der Waals surface area contributed by atoms with Crippen molar-refractivity contribution >= 4 is 0 Å². The van der Waals surface area contributed by atoms with E-state index in [0.717, 1.165) is 11.7 Å². The van der Waals surface area contributed by atoms with Gasteiger partial charge < -0.3 is 9.30 Å². The zero-order valence-corrected chi connectivity index (χ0v) is 11.0. The molecule has 3 nitrogen and oxygen atoms in total. The van der Waals surface area contributed by atoms with E-state index in [0.29, 0.717) is 18.8 Å². The Hall–Kier alpha value is -1.61. The number of ether oxygens (including phenoxy) is 1. The first kappa shape index (κ1) is 11.2. The van der Waals surface area contributed by atoms with Crippen LogP contribution in [0.25, 0.3) is 0 Å². The van der Waals surface area contributed by atoms with Gasteiger partial charge in [-0.1, -0.05) is 30.3 Å². The number of rotatable bonds is 5. The second-order valence-corrected chi connectivity index (χ2v) is 5.89. The molecule has 0 unspecified atom stereocenters. The zero-order valence-electron chi connectivity index (χ0n) is 11.0. The van der Waals surface area contributed by atoms with Crippen molar-refractivity contribution in [2.45, 2.75) is 38.0 Å². The molecule has 0 N–H and O–H groups in total. The Morgan fingerprint density at radius 3 is 2.63 bits per heavy atom. The van der Waals surface area contributed by atoms with Gasteiger partial charge in [0.05, 0.1) is 6.61 Å². The lowest BCUT2D eigenvalue weighted by atomic mass is 9.49. The van der Waals surface area contributed by atoms with Crippen molar-refractivity contribution < 1.29 is 4.74 Å². The van der Waals surface area contributed by atoms with Gasteiger partial charge in [-0.05, 0) is 30.7 Å². The Morgan fingerprint density at radius 2 is 1.95 bits per heavy atom. The maximum atomic E-state index is 5.80.